The molecule has 0 saturated heterocycles. The summed E-state index contributed by atoms with van der Waals surface area (Å²) in [6.45, 7) is 4.22. The topological polar surface area (TPSA) is 43.1 Å². The zero-order valence-electron chi connectivity index (χ0n) is 8.12. The Morgan fingerprint density at radius 3 is 3.00 bits per heavy atom. The SMILES string of the molecule is CCCC[C@H](C)c1nc(C=O)co1. The molecule has 1 atom stereocenters. The average molecular weight is 181 g/mol. The van der Waals surface area contributed by atoms with Crippen LogP contribution in [0.15, 0.2) is 10.7 Å². The number of hydrogen-bond acceptors (Lipinski definition) is 3. The van der Waals surface area contributed by atoms with Crippen molar-refractivity contribution in [3.8, 4) is 0 Å². The second-order valence-corrected chi connectivity index (χ2v) is 3.27. The molecule has 0 aromatic carbocycles. The number of aldehydes is 1. The van der Waals surface area contributed by atoms with Gasteiger partial charge in [0.1, 0.15) is 12.0 Å². The highest BCUT2D eigenvalue weighted by Crippen LogP contribution is 2.19. The molecule has 0 unspecified atom stereocenters. The minimum atomic E-state index is 0.314. The summed E-state index contributed by atoms with van der Waals surface area (Å²) in [6, 6.07) is 0. The molecule has 1 aromatic heterocycles. The normalized spacial score (nSPS) is 12.8. The van der Waals surface area contributed by atoms with Crippen LogP contribution >= 0.6 is 0 Å². The molecule has 1 aromatic rings. The van der Waals surface area contributed by atoms with Gasteiger partial charge in [-0.1, -0.05) is 26.7 Å². The molecule has 13 heavy (non-hydrogen) atoms. The van der Waals surface area contributed by atoms with Crippen molar-refractivity contribution in [2.75, 3.05) is 0 Å². The Kier molecular flexibility index (Phi) is 3.68. The number of aromatic nitrogens is 1. The molecule has 0 bridgehead atoms. The number of nitrogens with zero attached hydrogens (tertiary/aromatic N) is 1. The van der Waals surface area contributed by atoms with Gasteiger partial charge in [0.25, 0.3) is 0 Å². The molecule has 0 N–H and O–H groups in total. The molecule has 1 heterocycles. The molecular formula is C10H15NO2. The molecule has 3 heteroatoms. The second-order valence-electron chi connectivity index (χ2n) is 3.27. The Bertz CT molecular complexity index is 268. The molecular weight excluding hydrogens is 166 g/mol. The predicted octanol–water partition coefficient (Wildman–Crippen LogP) is 2.78. The monoisotopic (exact) mass is 181 g/mol. The van der Waals surface area contributed by atoms with Gasteiger partial charge < -0.3 is 4.42 Å². The van der Waals surface area contributed by atoms with Gasteiger partial charge in [0.05, 0.1) is 0 Å². The predicted molar refractivity (Wildman–Crippen MR) is 49.8 cm³/mol. The average Bonchev–Trinajstić information content (AvgIpc) is 2.62. The Balaban J connectivity index is 2.54. The summed E-state index contributed by atoms with van der Waals surface area (Å²) in [5.41, 5.74) is 0.387. The summed E-state index contributed by atoms with van der Waals surface area (Å²) < 4.78 is 5.17. The van der Waals surface area contributed by atoms with E-state index >= 15 is 0 Å². The smallest absolute Gasteiger partial charge is 0.197 e. The molecule has 0 fully saturated rings. The van der Waals surface area contributed by atoms with Crippen LogP contribution in [0.5, 0.6) is 0 Å². The lowest BCUT2D eigenvalue weighted by atomic mass is 10.0. The van der Waals surface area contributed by atoms with Crippen molar-refractivity contribution in [3.05, 3.63) is 17.8 Å². The van der Waals surface area contributed by atoms with Crippen LogP contribution in [0.3, 0.4) is 0 Å². The lowest BCUT2D eigenvalue weighted by Gasteiger charge is -2.04. The number of hydrogen-bond donors (Lipinski definition) is 0. The summed E-state index contributed by atoms with van der Waals surface area (Å²) >= 11 is 0. The molecule has 0 spiro atoms. The van der Waals surface area contributed by atoms with Gasteiger partial charge in [0.15, 0.2) is 12.2 Å². The number of carbonyl (C=O) groups excluding carboxylic acids is 1. The number of oxazole rings is 1. The number of rotatable bonds is 5. The minimum absolute atomic E-state index is 0.314. The van der Waals surface area contributed by atoms with E-state index in [4.69, 9.17) is 4.42 Å². The van der Waals surface area contributed by atoms with Crippen LogP contribution in [-0.4, -0.2) is 11.3 Å². The van der Waals surface area contributed by atoms with E-state index in [1.54, 1.807) is 0 Å². The summed E-state index contributed by atoms with van der Waals surface area (Å²) in [6.07, 6.45) is 5.52. The molecule has 0 amide bonds. The van der Waals surface area contributed by atoms with Crippen LogP contribution in [-0.2, 0) is 0 Å². The van der Waals surface area contributed by atoms with Crippen LogP contribution < -0.4 is 0 Å². The van der Waals surface area contributed by atoms with Gasteiger partial charge in [0.2, 0.25) is 0 Å². The van der Waals surface area contributed by atoms with Gasteiger partial charge in [-0.15, -0.1) is 0 Å². The largest absolute Gasteiger partial charge is 0.448 e. The fourth-order valence-electron chi connectivity index (χ4n) is 1.21. The maximum atomic E-state index is 10.3. The summed E-state index contributed by atoms with van der Waals surface area (Å²) in [5.74, 6) is 0.990. The highest BCUT2D eigenvalue weighted by Gasteiger charge is 2.11. The van der Waals surface area contributed by atoms with Crippen molar-refractivity contribution in [1.82, 2.24) is 4.98 Å². The van der Waals surface area contributed by atoms with Crippen molar-refractivity contribution < 1.29 is 9.21 Å². The Morgan fingerprint density at radius 1 is 1.69 bits per heavy atom. The van der Waals surface area contributed by atoms with Gasteiger partial charge in [0, 0.05) is 5.92 Å². The third-order valence-electron chi connectivity index (χ3n) is 2.07. The highest BCUT2D eigenvalue weighted by molar-refractivity contribution is 5.70. The van der Waals surface area contributed by atoms with E-state index in [9.17, 15) is 4.79 Å². The Morgan fingerprint density at radius 2 is 2.46 bits per heavy atom. The van der Waals surface area contributed by atoms with Crippen molar-refractivity contribution in [2.24, 2.45) is 0 Å². The summed E-state index contributed by atoms with van der Waals surface area (Å²) in [5, 5.41) is 0. The van der Waals surface area contributed by atoms with E-state index < -0.39 is 0 Å². The molecule has 0 aliphatic carbocycles. The first-order valence-electron chi connectivity index (χ1n) is 4.68. The van der Waals surface area contributed by atoms with Gasteiger partial charge in [-0.2, -0.15) is 0 Å². The minimum Gasteiger partial charge on any atom is -0.448 e. The lowest BCUT2D eigenvalue weighted by Crippen LogP contribution is -1.94. The lowest BCUT2D eigenvalue weighted by molar-refractivity contribution is 0.111. The number of carbonyl (C=O) groups is 1. The van der Waals surface area contributed by atoms with Crippen molar-refractivity contribution in [3.63, 3.8) is 0 Å². The first-order valence-corrected chi connectivity index (χ1v) is 4.68. The van der Waals surface area contributed by atoms with E-state index in [2.05, 4.69) is 18.8 Å². The first-order chi connectivity index (χ1) is 6.27. The molecule has 0 radical (unpaired) electrons. The molecule has 72 valence electrons. The van der Waals surface area contributed by atoms with Crippen molar-refractivity contribution >= 4 is 6.29 Å². The maximum Gasteiger partial charge on any atom is 0.197 e. The standard InChI is InChI=1S/C10H15NO2/c1-3-4-5-8(2)10-11-9(6-12)7-13-10/h6-8H,3-5H2,1-2H3/t8-/m0/s1. The summed E-state index contributed by atoms with van der Waals surface area (Å²) in [4.78, 5) is 14.4. The van der Waals surface area contributed by atoms with Gasteiger partial charge in [-0.05, 0) is 6.42 Å². The quantitative estimate of drug-likeness (QED) is 0.656. The van der Waals surface area contributed by atoms with Crippen LogP contribution in [0.2, 0.25) is 0 Å². The second kappa shape index (κ2) is 4.80. The van der Waals surface area contributed by atoms with Crippen LogP contribution in [0.1, 0.15) is 55.4 Å². The van der Waals surface area contributed by atoms with Crippen LogP contribution in [0.4, 0.5) is 0 Å². The molecule has 0 saturated carbocycles. The van der Waals surface area contributed by atoms with Crippen LogP contribution in [0.25, 0.3) is 0 Å². The van der Waals surface area contributed by atoms with E-state index in [0.29, 0.717) is 23.8 Å². The molecule has 1 rings (SSSR count). The highest BCUT2D eigenvalue weighted by atomic mass is 16.3. The van der Waals surface area contributed by atoms with Crippen molar-refractivity contribution in [2.45, 2.75) is 39.0 Å². The molecule has 0 aliphatic heterocycles. The van der Waals surface area contributed by atoms with Crippen molar-refractivity contribution in [1.29, 1.82) is 0 Å². The third kappa shape index (κ3) is 2.68. The van der Waals surface area contributed by atoms with E-state index in [0.717, 1.165) is 6.42 Å². The summed E-state index contributed by atoms with van der Waals surface area (Å²) in [7, 11) is 0. The third-order valence-corrected chi connectivity index (χ3v) is 2.07. The molecule has 0 aliphatic rings. The maximum absolute atomic E-state index is 10.3. The Labute approximate surface area is 78.2 Å². The van der Waals surface area contributed by atoms with E-state index in [-0.39, 0.29) is 0 Å². The van der Waals surface area contributed by atoms with Gasteiger partial charge in [-0.3, -0.25) is 4.79 Å². The zero-order valence-corrected chi connectivity index (χ0v) is 8.12. The first kappa shape index (κ1) is 9.96. The van der Waals surface area contributed by atoms with Gasteiger partial charge >= 0.3 is 0 Å². The zero-order chi connectivity index (χ0) is 9.68. The Hall–Kier alpha value is -1.12. The van der Waals surface area contributed by atoms with E-state index in [1.165, 1.54) is 19.1 Å². The number of unbranched alkanes of at least 4 members (excludes halogenated alkanes) is 1. The fraction of sp³-hybridized carbons (Fsp3) is 0.600. The van der Waals surface area contributed by atoms with Crippen LogP contribution in [0, 0.1) is 0 Å². The fourth-order valence-corrected chi connectivity index (χ4v) is 1.21. The van der Waals surface area contributed by atoms with E-state index in [1.807, 2.05) is 0 Å². The molecule has 3 nitrogen and oxygen atoms in total. The van der Waals surface area contributed by atoms with Gasteiger partial charge in [-0.25, -0.2) is 4.98 Å².